The Balaban J connectivity index is 1.30. The van der Waals surface area contributed by atoms with Crippen molar-refractivity contribution in [3.8, 4) is 16.8 Å². The van der Waals surface area contributed by atoms with Gasteiger partial charge in [0, 0.05) is 33.2 Å². The summed E-state index contributed by atoms with van der Waals surface area (Å²) >= 11 is 0. The maximum absolute atomic E-state index is 2.56. The zero-order valence-electron chi connectivity index (χ0n) is 32.0. The summed E-state index contributed by atoms with van der Waals surface area (Å²) in [4.78, 5) is 2.56. The average Bonchev–Trinajstić information content (AvgIpc) is 3.57. The molecule has 0 aliphatic carbocycles. The van der Waals surface area contributed by atoms with E-state index in [9.17, 15) is 0 Å². The number of nitrogens with zero attached hydrogens (tertiary/aromatic N) is 2. The van der Waals surface area contributed by atoms with Crippen molar-refractivity contribution in [2.45, 2.75) is 0 Å². The van der Waals surface area contributed by atoms with Crippen LogP contribution in [-0.2, 0) is 0 Å². The summed E-state index contributed by atoms with van der Waals surface area (Å²) in [5.74, 6) is 0. The number of anilines is 3. The van der Waals surface area contributed by atoms with Gasteiger partial charge in [-0.05, 0) is 74.5 Å². The van der Waals surface area contributed by atoms with Crippen LogP contribution in [0.15, 0.2) is 164 Å². The van der Waals surface area contributed by atoms with Crippen LogP contribution in [0, 0.1) is 0 Å². The van der Waals surface area contributed by atoms with E-state index in [4.69, 9.17) is 0 Å². The maximum Gasteiger partial charge on any atom is 0.141 e. The first-order valence-electron chi connectivity index (χ1n) is 19.3. The van der Waals surface area contributed by atoms with Crippen molar-refractivity contribution < 1.29 is 0 Å². The Bertz CT molecular complexity index is 3080. The van der Waals surface area contributed by atoms with E-state index >= 15 is 0 Å². The van der Waals surface area contributed by atoms with Gasteiger partial charge in [0.15, 0.2) is 0 Å². The van der Waals surface area contributed by atoms with Gasteiger partial charge in [-0.1, -0.05) is 149 Å². The molecule has 0 N–H and O–H groups in total. The van der Waals surface area contributed by atoms with Crippen LogP contribution >= 0.6 is 0 Å². The van der Waals surface area contributed by atoms with Gasteiger partial charge in [0.25, 0.3) is 0 Å². The second kappa shape index (κ2) is 12.9. The standard InChI is InChI=1S/C48H37B5N2/c49-43-44(50)46(52)48(47(53)45(43)51)55(40-20-10-18-38-34-14-5-4-13-32(34)33-15-6-7-17-37(33)42(38)40)31-25-26-36-35-16-8-9-19-39(35)54(41(36)27-31)30-23-21-29(22-24-30)28-11-2-1-3-12-28/h1-27H,49-53H2. The second-order valence-corrected chi connectivity index (χ2v) is 15.1. The highest BCUT2D eigenvalue weighted by Crippen LogP contribution is 2.45. The summed E-state index contributed by atoms with van der Waals surface area (Å²) in [6, 6.07) is 60.2. The van der Waals surface area contributed by atoms with E-state index in [2.05, 4.69) is 212 Å². The zero-order chi connectivity index (χ0) is 37.4. The Morgan fingerprint density at radius 3 is 1.51 bits per heavy atom. The Labute approximate surface area is 326 Å². The predicted octanol–water partition coefficient (Wildman–Crippen LogP) is 4.67. The Hall–Kier alpha value is -6.32. The van der Waals surface area contributed by atoms with E-state index in [0.717, 1.165) is 11.4 Å². The van der Waals surface area contributed by atoms with E-state index in [0.29, 0.717) is 0 Å². The number of benzene rings is 9. The molecule has 9 aromatic carbocycles. The fourth-order valence-electron chi connectivity index (χ4n) is 9.14. The lowest BCUT2D eigenvalue weighted by molar-refractivity contribution is 1.18. The van der Waals surface area contributed by atoms with Crippen LogP contribution in [0.25, 0.3) is 70.9 Å². The van der Waals surface area contributed by atoms with Crippen LogP contribution in [0.3, 0.4) is 0 Å². The third kappa shape index (κ3) is 5.10. The number of fused-ring (bicyclic) bond motifs is 9. The highest BCUT2D eigenvalue weighted by atomic mass is 15.1. The van der Waals surface area contributed by atoms with Gasteiger partial charge in [-0.3, -0.25) is 0 Å². The third-order valence-corrected chi connectivity index (χ3v) is 12.3. The van der Waals surface area contributed by atoms with Crippen LogP contribution in [-0.4, -0.2) is 43.8 Å². The van der Waals surface area contributed by atoms with E-state index in [1.165, 1.54) is 104 Å². The molecule has 0 fully saturated rings. The molecule has 1 aromatic heterocycles. The summed E-state index contributed by atoms with van der Waals surface area (Å²) in [7, 11) is 11.4. The number of hydrogen-bond donors (Lipinski definition) is 0. The number of aromatic nitrogens is 1. The molecule has 55 heavy (non-hydrogen) atoms. The molecule has 7 heteroatoms. The summed E-state index contributed by atoms with van der Waals surface area (Å²) < 4.78 is 2.44. The van der Waals surface area contributed by atoms with Gasteiger partial charge in [0.1, 0.15) is 39.2 Å². The smallest absolute Gasteiger partial charge is 0.141 e. The topological polar surface area (TPSA) is 8.17 Å². The first-order chi connectivity index (χ1) is 26.9. The predicted molar refractivity (Wildman–Crippen MR) is 254 cm³/mol. The molecule has 0 bridgehead atoms. The van der Waals surface area contributed by atoms with Crippen molar-refractivity contribution in [3.05, 3.63) is 164 Å². The van der Waals surface area contributed by atoms with Gasteiger partial charge in [0.05, 0.1) is 16.7 Å². The maximum atomic E-state index is 2.56. The largest absolute Gasteiger partial charge is 0.311 e. The average molecular weight is 696 g/mol. The SMILES string of the molecule is Bc1c(B)c(B)c(N(c2ccc3c4ccccc4n(-c4ccc(-c5ccccc5)cc4)c3c2)c2cccc3c4ccccc4c4ccccc4c23)c(B)c1B. The summed E-state index contributed by atoms with van der Waals surface area (Å²) in [6.45, 7) is 0. The summed E-state index contributed by atoms with van der Waals surface area (Å²) in [5.41, 5.74) is 16.2. The van der Waals surface area contributed by atoms with Crippen LogP contribution in [0.4, 0.5) is 17.1 Å². The fourth-order valence-corrected chi connectivity index (χ4v) is 9.14. The van der Waals surface area contributed by atoms with Crippen LogP contribution in [0.2, 0.25) is 0 Å². The van der Waals surface area contributed by atoms with Gasteiger partial charge in [-0.25, -0.2) is 0 Å². The Morgan fingerprint density at radius 2 is 0.855 bits per heavy atom. The lowest BCUT2D eigenvalue weighted by Crippen LogP contribution is -2.56. The Morgan fingerprint density at radius 1 is 0.364 bits per heavy atom. The molecule has 0 radical (unpaired) electrons. The molecule has 2 nitrogen and oxygen atoms in total. The van der Waals surface area contributed by atoms with Gasteiger partial charge in [-0.15, -0.1) is 5.46 Å². The lowest BCUT2D eigenvalue weighted by Gasteiger charge is -2.33. The molecule has 0 atom stereocenters. The first-order valence-corrected chi connectivity index (χ1v) is 19.3. The molecule has 0 aliphatic heterocycles. The molecule has 0 amide bonds. The van der Waals surface area contributed by atoms with Crippen LogP contribution in [0.5, 0.6) is 0 Å². The molecule has 0 saturated carbocycles. The fraction of sp³-hybridized carbons (Fsp3) is 0. The molecule has 10 rings (SSSR count). The van der Waals surface area contributed by atoms with Gasteiger partial charge in [0.2, 0.25) is 0 Å². The van der Waals surface area contributed by atoms with Crippen LogP contribution < -0.4 is 32.2 Å². The summed E-state index contributed by atoms with van der Waals surface area (Å²) in [5, 5.41) is 10.1. The first kappa shape index (κ1) is 33.3. The quantitative estimate of drug-likeness (QED) is 0.188. The normalized spacial score (nSPS) is 11.6. The molecule has 0 aliphatic rings. The highest BCUT2D eigenvalue weighted by molar-refractivity contribution is 6.69. The van der Waals surface area contributed by atoms with Crippen molar-refractivity contribution >= 4 is 138 Å². The van der Waals surface area contributed by atoms with Crippen molar-refractivity contribution in [1.29, 1.82) is 0 Å². The second-order valence-electron chi connectivity index (χ2n) is 15.1. The van der Waals surface area contributed by atoms with Gasteiger partial charge < -0.3 is 9.47 Å². The van der Waals surface area contributed by atoms with E-state index in [-0.39, 0.29) is 0 Å². The van der Waals surface area contributed by atoms with Crippen LogP contribution in [0.1, 0.15) is 0 Å². The van der Waals surface area contributed by atoms with Crippen molar-refractivity contribution in [2.24, 2.45) is 0 Å². The van der Waals surface area contributed by atoms with Crippen molar-refractivity contribution in [2.75, 3.05) is 4.90 Å². The Kier molecular flexibility index (Phi) is 7.82. The third-order valence-electron chi connectivity index (χ3n) is 12.3. The molecule has 1 heterocycles. The number of para-hydroxylation sites is 1. The van der Waals surface area contributed by atoms with E-state index in [1.807, 2.05) is 0 Å². The van der Waals surface area contributed by atoms with E-state index < -0.39 is 0 Å². The number of hydrogen-bond acceptors (Lipinski definition) is 1. The highest BCUT2D eigenvalue weighted by Gasteiger charge is 2.25. The molecule has 0 unspecified atom stereocenters. The minimum atomic E-state index is 1.14. The zero-order valence-corrected chi connectivity index (χ0v) is 32.0. The van der Waals surface area contributed by atoms with Crippen molar-refractivity contribution in [1.82, 2.24) is 4.57 Å². The van der Waals surface area contributed by atoms with Gasteiger partial charge in [-0.2, -0.15) is 0 Å². The van der Waals surface area contributed by atoms with Gasteiger partial charge >= 0.3 is 0 Å². The molecular weight excluding hydrogens is 659 g/mol. The number of rotatable bonds is 5. The molecule has 0 saturated heterocycles. The minimum Gasteiger partial charge on any atom is -0.311 e. The lowest BCUT2D eigenvalue weighted by atomic mass is 9.61. The van der Waals surface area contributed by atoms with Crippen molar-refractivity contribution in [3.63, 3.8) is 0 Å². The molecule has 0 spiro atoms. The minimum absolute atomic E-state index is 1.14. The molecule has 254 valence electrons. The molecular formula is C48H37B5N2. The summed E-state index contributed by atoms with van der Waals surface area (Å²) in [6.07, 6.45) is 0. The van der Waals surface area contributed by atoms with E-state index in [1.54, 1.807) is 0 Å². The monoisotopic (exact) mass is 696 g/mol. The molecule has 10 aromatic rings.